The summed E-state index contributed by atoms with van der Waals surface area (Å²) in [7, 11) is 0. The SMILES string of the molecule is CC(C)[C@@H]1CC(=O)[C@@](C)(CO)/C=C/c2ccc3ccc(cc3c2)[C@@H](C)OC(=O)[C@@H]2CCCN(N2)C(=O)[C@H](C)NC1=O. The van der Waals surface area contributed by atoms with Gasteiger partial charge in [-0.15, -0.1) is 0 Å². The summed E-state index contributed by atoms with van der Waals surface area (Å²) in [6.45, 7) is 8.74. The monoisotopic (exact) mass is 563 g/mol. The van der Waals surface area contributed by atoms with Crippen molar-refractivity contribution in [1.29, 1.82) is 0 Å². The molecule has 3 N–H and O–H groups in total. The lowest BCUT2D eigenvalue weighted by Gasteiger charge is -2.35. The standard InChI is InChI=1S/C32H41N3O6/c1-19(2)26-17-28(37)32(5,18-36)13-12-22-8-9-23-10-11-24(16-25(23)15-22)21(4)41-31(40)27-7-6-14-35(34-27)30(39)20(3)33-29(26)38/h8-13,15-16,19-21,26-27,34,36H,6-7,14,17-18H2,1-5H3,(H,33,38)/b13-12+/t20-,21+,26-,27-,32+/m0/s1. The van der Waals surface area contributed by atoms with Gasteiger partial charge in [-0.25, -0.2) is 5.43 Å². The largest absolute Gasteiger partial charge is 0.457 e. The third-order valence-corrected chi connectivity index (χ3v) is 8.27. The number of ketones is 1. The van der Waals surface area contributed by atoms with Crippen molar-refractivity contribution in [2.45, 2.75) is 72.1 Å². The molecule has 4 rings (SSSR count). The minimum atomic E-state index is -1.19. The van der Waals surface area contributed by atoms with Crippen LogP contribution in [-0.2, 0) is 23.9 Å². The Kier molecular flexibility index (Phi) is 9.29. The van der Waals surface area contributed by atoms with E-state index in [-0.39, 0.29) is 24.0 Å². The Morgan fingerprint density at radius 2 is 1.80 bits per heavy atom. The van der Waals surface area contributed by atoms with Crippen LogP contribution in [0.4, 0.5) is 0 Å². The fraction of sp³-hybridized carbons (Fsp3) is 0.500. The first kappa shape index (κ1) is 30.4. The molecule has 0 aromatic heterocycles. The van der Waals surface area contributed by atoms with Crippen molar-refractivity contribution >= 4 is 40.4 Å². The average molecular weight is 564 g/mol. The van der Waals surface area contributed by atoms with Crippen LogP contribution < -0.4 is 10.7 Å². The highest BCUT2D eigenvalue weighted by Crippen LogP contribution is 2.29. The molecule has 2 heterocycles. The van der Waals surface area contributed by atoms with Gasteiger partial charge >= 0.3 is 5.97 Å². The Hall–Kier alpha value is -3.56. The molecular weight excluding hydrogens is 522 g/mol. The molecule has 0 spiro atoms. The third-order valence-electron chi connectivity index (χ3n) is 8.27. The molecule has 220 valence electrons. The minimum Gasteiger partial charge on any atom is -0.457 e. The molecule has 0 aliphatic carbocycles. The maximum atomic E-state index is 13.5. The summed E-state index contributed by atoms with van der Waals surface area (Å²) in [5.74, 6) is -2.37. The second-order valence-corrected chi connectivity index (χ2v) is 11.9. The van der Waals surface area contributed by atoms with Crippen molar-refractivity contribution in [2.24, 2.45) is 17.3 Å². The lowest BCUT2D eigenvalue weighted by molar-refractivity contribution is -0.157. The Balaban J connectivity index is 1.72. The number of fused-ring (bicyclic) bond motifs is 4. The zero-order valence-corrected chi connectivity index (χ0v) is 24.5. The number of esters is 1. The van der Waals surface area contributed by atoms with Gasteiger partial charge in [-0.05, 0) is 73.6 Å². The van der Waals surface area contributed by atoms with Crippen LogP contribution in [0.3, 0.4) is 0 Å². The fourth-order valence-corrected chi connectivity index (χ4v) is 5.27. The number of amides is 2. The van der Waals surface area contributed by atoms with Crippen LogP contribution in [0.15, 0.2) is 42.5 Å². The number of Topliss-reactive ketones (excluding diaryl/α,β-unsaturated/α-hetero) is 1. The maximum Gasteiger partial charge on any atom is 0.325 e. The maximum absolute atomic E-state index is 13.5. The molecule has 2 aliphatic rings. The van der Waals surface area contributed by atoms with Crippen LogP contribution in [0.2, 0.25) is 0 Å². The number of cyclic esters (lactones) is 1. The van der Waals surface area contributed by atoms with Gasteiger partial charge in [-0.1, -0.05) is 50.3 Å². The summed E-state index contributed by atoms with van der Waals surface area (Å²) in [6, 6.07) is 10.2. The molecule has 5 bridgehead atoms. The number of carbonyl (C=O) groups excluding carboxylic acids is 4. The molecule has 2 aromatic carbocycles. The van der Waals surface area contributed by atoms with Crippen LogP contribution in [-0.4, -0.2) is 58.9 Å². The van der Waals surface area contributed by atoms with Crippen LogP contribution in [0.1, 0.15) is 71.1 Å². The molecule has 2 aliphatic heterocycles. The molecular formula is C32H41N3O6. The number of hydrazine groups is 1. The molecule has 9 heteroatoms. The molecule has 0 saturated carbocycles. The number of carbonyl (C=O) groups is 4. The van der Waals surface area contributed by atoms with Crippen molar-refractivity contribution in [1.82, 2.24) is 15.8 Å². The first-order chi connectivity index (χ1) is 19.4. The molecule has 2 aromatic rings. The lowest BCUT2D eigenvalue weighted by atomic mass is 9.78. The molecule has 0 unspecified atom stereocenters. The second-order valence-electron chi connectivity index (χ2n) is 11.9. The number of nitrogens with zero attached hydrogens (tertiary/aromatic N) is 1. The zero-order chi connectivity index (χ0) is 29.9. The molecule has 1 fully saturated rings. The van der Waals surface area contributed by atoms with Gasteiger partial charge in [-0.2, -0.15) is 0 Å². The van der Waals surface area contributed by atoms with Gasteiger partial charge in [0.1, 0.15) is 24.0 Å². The summed E-state index contributed by atoms with van der Waals surface area (Å²) >= 11 is 0. The van der Waals surface area contributed by atoms with Crippen molar-refractivity contribution in [2.75, 3.05) is 13.2 Å². The number of hydrogen-bond acceptors (Lipinski definition) is 7. The van der Waals surface area contributed by atoms with Gasteiger partial charge in [0.25, 0.3) is 5.91 Å². The Morgan fingerprint density at radius 1 is 1.07 bits per heavy atom. The molecule has 5 atom stereocenters. The first-order valence-electron chi connectivity index (χ1n) is 14.4. The van der Waals surface area contributed by atoms with E-state index in [0.29, 0.717) is 19.4 Å². The minimum absolute atomic E-state index is 0.0827. The van der Waals surface area contributed by atoms with Crippen molar-refractivity contribution < 1.29 is 29.0 Å². The lowest BCUT2D eigenvalue weighted by Crippen LogP contribution is -2.59. The number of aliphatic hydroxyl groups is 1. The summed E-state index contributed by atoms with van der Waals surface area (Å²) in [6.07, 6.45) is 4.01. The van der Waals surface area contributed by atoms with Crippen LogP contribution in [0.5, 0.6) is 0 Å². The van der Waals surface area contributed by atoms with Crippen LogP contribution in [0.25, 0.3) is 16.8 Å². The summed E-state index contributed by atoms with van der Waals surface area (Å²) in [4.78, 5) is 53.1. The molecule has 41 heavy (non-hydrogen) atoms. The van der Waals surface area contributed by atoms with E-state index < -0.39 is 48.0 Å². The van der Waals surface area contributed by atoms with Crippen LogP contribution >= 0.6 is 0 Å². The van der Waals surface area contributed by atoms with E-state index in [1.165, 1.54) is 5.01 Å². The summed E-state index contributed by atoms with van der Waals surface area (Å²) in [5, 5.41) is 16.3. The normalized spacial score (nSPS) is 29.4. The Labute approximate surface area is 241 Å². The Morgan fingerprint density at radius 3 is 2.51 bits per heavy atom. The van der Waals surface area contributed by atoms with E-state index >= 15 is 0 Å². The van der Waals surface area contributed by atoms with E-state index in [4.69, 9.17) is 4.74 Å². The van der Waals surface area contributed by atoms with E-state index in [1.54, 1.807) is 26.0 Å². The second kappa shape index (κ2) is 12.5. The third kappa shape index (κ3) is 6.85. The van der Waals surface area contributed by atoms with Crippen molar-refractivity contribution in [3.63, 3.8) is 0 Å². The number of aliphatic hydroxyl groups excluding tert-OH is 1. The molecule has 1 saturated heterocycles. The van der Waals surface area contributed by atoms with E-state index in [1.807, 2.05) is 57.2 Å². The predicted octanol–water partition coefficient (Wildman–Crippen LogP) is 3.70. The smallest absolute Gasteiger partial charge is 0.325 e. The van der Waals surface area contributed by atoms with Gasteiger partial charge in [-0.3, -0.25) is 24.2 Å². The van der Waals surface area contributed by atoms with Gasteiger partial charge in [0.15, 0.2) is 0 Å². The number of ether oxygens (including phenoxy) is 1. The quantitative estimate of drug-likeness (QED) is 0.476. The van der Waals surface area contributed by atoms with E-state index in [9.17, 15) is 24.3 Å². The van der Waals surface area contributed by atoms with Gasteiger partial charge in [0, 0.05) is 18.9 Å². The van der Waals surface area contributed by atoms with Crippen molar-refractivity contribution in [3.8, 4) is 0 Å². The number of nitrogens with one attached hydrogen (secondary N) is 2. The Bertz CT molecular complexity index is 1350. The van der Waals surface area contributed by atoms with E-state index in [0.717, 1.165) is 21.9 Å². The number of benzene rings is 2. The van der Waals surface area contributed by atoms with Crippen molar-refractivity contribution in [3.05, 3.63) is 53.6 Å². The van der Waals surface area contributed by atoms with Gasteiger partial charge in [0.2, 0.25) is 5.91 Å². The number of hydrogen-bond donors (Lipinski definition) is 3. The number of rotatable bonds is 2. The topological polar surface area (TPSA) is 125 Å². The molecule has 0 radical (unpaired) electrons. The predicted molar refractivity (Wildman–Crippen MR) is 156 cm³/mol. The summed E-state index contributed by atoms with van der Waals surface area (Å²) in [5.41, 5.74) is 3.46. The molecule has 2 amide bonds. The van der Waals surface area contributed by atoms with Gasteiger partial charge in [0.05, 0.1) is 12.0 Å². The highest BCUT2D eigenvalue weighted by atomic mass is 16.5. The van der Waals surface area contributed by atoms with E-state index in [2.05, 4.69) is 10.7 Å². The van der Waals surface area contributed by atoms with Gasteiger partial charge < -0.3 is 15.2 Å². The first-order valence-corrected chi connectivity index (χ1v) is 14.4. The zero-order valence-electron chi connectivity index (χ0n) is 24.5. The average Bonchev–Trinajstić information content (AvgIpc) is 2.96. The summed E-state index contributed by atoms with van der Waals surface area (Å²) < 4.78 is 5.80. The fourth-order valence-electron chi connectivity index (χ4n) is 5.27. The molecule has 9 nitrogen and oxygen atoms in total. The van der Waals surface area contributed by atoms with Crippen LogP contribution in [0, 0.1) is 17.3 Å². The highest BCUT2D eigenvalue weighted by molar-refractivity contribution is 5.94. The highest BCUT2D eigenvalue weighted by Gasteiger charge is 2.37.